The average Bonchev–Trinajstić information content (AvgIpc) is 3.38. The smallest absolute Gasteiger partial charge is 0.231 e. The third-order valence-electron chi connectivity index (χ3n) is 4.86. The summed E-state index contributed by atoms with van der Waals surface area (Å²) >= 11 is 0. The zero-order valence-corrected chi connectivity index (χ0v) is 16.2. The minimum atomic E-state index is 0.475. The lowest BCUT2D eigenvalue weighted by Crippen LogP contribution is -2.24. The summed E-state index contributed by atoms with van der Waals surface area (Å²) in [6, 6.07) is 0.475. The molecule has 27 heavy (non-hydrogen) atoms. The molecule has 9 heteroatoms. The van der Waals surface area contributed by atoms with Crippen LogP contribution < -0.4 is 21.3 Å². The van der Waals surface area contributed by atoms with Crippen LogP contribution in [0.15, 0.2) is 0 Å². The Morgan fingerprint density at radius 3 is 2.33 bits per heavy atom. The number of hydrogen-bond donors (Lipinski definition) is 3. The van der Waals surface area contributed by atoms with Crippen LogP contribution in [-0.4, -0.2) is 73.6 Å². The number of nitrogens with zero attached hydrogens (tertiary/aromatic N) is 4. The Morgan fingerprint density at radius 1 is 0.889 bits per heavy atom. The molecule has 3 rings (SSSR count). The molecular weight excluding hydrogens is 346 g/mol. The first-order chi connectivity index (χ1) is 13.3. The first-order valence-electron chi connectivity index (χ1n) is 10.2. The number of hydrogen-bond acceptors (Lipinski definition) is 9. The van der Waals surface area contributed by atoms with E-state index in [1.54, 1.807) is 0 Å². The quantitative estimate of drug-likeness (QED) is 0.462. The van der Waals surface area contributed by atoms with E-state index in [9.17, 15) is 0 Å². The van der Waals surface area contributed by atoms with Crippen LogP contribution in [-0.2, 0) is 9.47 Å². The van der Waals surface area contributed by atoms with Gasteiger partial charge in [0.15, 0.2) is 0 Å². The molecule has 4 N–H and O–H groups in total. The lowest BCUT2D eigenvalue weighted by atomic mass is 10.3. The molecule has 1 aliphatic heterocycles. The van der Waals surface area contributed by atoms with Crippen molar-refractivity contribution in [1.29, 1.82) is 0 Å². The van der Waals surface area contributed by atoms with Gasteiger partial charge in [0.05, 0.1) is 26.4 Å². The monoisotopic (exact) mass is 379 g/mol. The molecule has 2 fully saturated rings. The van der Waals surface area contributed by atoms with Crippen molar-refractivity contribution in [3.63, 3.8) is 0 Å². The van der Waals surface area contributed by atoms with Gasteiger partial charge in [-0.1, -0.05) is 12.8 Å². The summed E-state index contributed by atoms with van der Waals surface area (Å²) in [7, 11) is 0. The van der Waals surface area contributed by atoms with Gasteiger partial charge in [-0.05, 0) is 25.7 Å². The lowest BCUT2D eigenvalue weighted by molar-refractivity contribution is 0.0547. The van der Waals surface area contributed by atoms with Gasteiger partial charge >= 0.3 is 0 Å². The van der Waals surface area contributed by atoms with Crippen LogP contribution in [0.4, 0.5) is 17.8 Å². The van der Waals surface area contributed by atoms with Crippen LogP contribution >= 0.6 is 0 Å². The van der Waals surface area contributed by atoms with Gasteiger partial charge in [0.2, 0.25) is 17.8 Å². The van der Waals surface area contributed by atoms with Crippen molar-refractivity contribution in [3.8, 4) is 0 Å². The summed E-state index contributed by atoms with van der Waals surface area (Å²) in [6.45, 7) is 5.48. The topological polar surface area (TPSA) is 110 Å². The summed E-state index contributed by atoms with van der Waals surface area (Å²) in [4.78, 5) is 16.1. The maximum atomic E-state index is 5.54. The summed E-state index contributed by atoms with van der Waals surface area (Å²) in [5, 5.41) is 6.75. The number of nitrogens with one attached hydrogen (secondary N) is 2. The van der Waals surface area contributed by atoms with E-state index in [4.69, 9.17) is 15.2 Å². The fourth-order valence-electron chi connectivity index (χ4n) is 3.46. The fourth-order valence-corrected chi connectivity index (χ4v) is 3.46. The van der Waals surface area contributed by atoms with Gasteiger partial charge in [0.1, 0.15) is 0 Å². The van der Waals surface area contributed by atoms with E-state index in [1.165, 1.54) is 38.5 Å². The molecular formula is C18H33N7O2. The molecule has 0 unspecified atom stereocenters. The van der Waals surface area contributed by atoms with Crippen molar-refractivity contribution in [2.45, 2.75) is 44.6 Å². The van der Waals surface area contributed by atoms with Crippen molar-refractivity contribution in [2.75, 3.05) is 68.1 Å². The molecule has 1 aromatic heterocycles. The maximum Gasteiger partial charge on any atom is 0.231 e. The first-order valence-corrected chi connectivity index (χ1v) is 10.2. The van der Waals surface area contributed by atoms with Gasteiger partial charge in [-0.3, -0.25) is 0 Å². The molecule has 1 aromatic rings. The largest absolute Gasteiger partial charge is 0.378 e. The molecule has 9 nitrogen and oxygen atoms in total. The van der Waals surface area contributed by atoms with Crippen LogP contribution in [0.25, 0.3) is 0 Å². The molecule has 152 valence electrons. The Labute approximate surface area is 161 Å². The third kappa shape index (κ3) is 6.75. The molecule has 0 bridgehead atoms. The van der Waals surface area contributed by atoms with Crippen LogP contribution in [0.3, 0.4) is 0 Å². The fraction of sp³-hybridized carbons (Fsp3) is 0.833. The van der Waals surface area contributed by atoms with Crippen molar-refractivity contribution in [1.82, 2.24) is 15.0 Å². The molecule has 2 heterocycles. The van der Waals surface area contributed by atoms with Gasteiger partial charge in [-0.2, -0.15) is 15.0 Å². The van der Waals surface area contributed by atoms with E-state index in [-0.39, 0.29) is 0 Å². The number of aromatic nitrogens is 3. The van der Waals surface area contributed by atoms with E-state index < -0.39 is 0 Å². The summed E-state index contributed by atoms with van der Waals surface area (Å²) < 4.78 is 10.8. The summed E-state index contributed by atoms with van der Waals surface area (Å²) in [5.41, 5.74) is 5.37. The molecule has 1 saturated carbocycles. The van der Waals surface area contributed by atoms with E-state index >= 15 is 0 Å². The maximum absolute atomic E-state index is 5.54. The van der Waals surface area contributed by atoms with Gasteiger partial charge in [0.25, 0.3) is 0 Å². The normalized spacial score (nSPS) is 17.6. The predicted molar refractivity (Wildman–Crippen MR) is 106 cm³/mol. The highest BCUT2D eigenvalue weighted by molar-refractivity contribution is 5.44. The average molecular weight is 380 g/mol. The molecule has 2 aliphatic rings. The zero-order valence-electron chi connectivity index (χ0n) is 16.2. The third-order valence-corrected chi connectivity index (χ3v) is 4.86. The second-order valence-electron chi connectivity index (χ2n) is 7.04. The number of anilines is 3. The first kappa shape index (κ1) is 20.0. The molecule has 1 aliphatic carbocycles. The molecule has 0 atom stereocenters. The minimum Gasteiger partial charge on any atom is -0.378 e. The molecule has 1 saturated heterocycles. The zero-order chi connectivity index (χ0) is 18.7. The highest BCUT2D eigenvalue weighted by Crippen LogP contribution is 2.23. The highest BCUT2D eigenvalue weighted by Gasteiger charge is 2.20. The summed E-state index contributed by atoms with van der Waals surface area (Å²) in [6.07, 6.45) is 7.32. The SMILES string of the molecule is NCCOCCOCCNc1nc(NC2CCCC2)nc(N2CCCC2)n1. The van der Waals surface area contributed by atoms with E-state index in [0.717, 1.165) is 19.0 Å². The predicted octanol–water partition coefficient (Wildman–Crippen LogP) is 1.23. The lowest BCUT2D eigenvalue weighted by Gasteiger charge is -2.18. The van der Waals surface area contributed by atoms with Crippen molar-refractivity contribution < 1.29 is 9.47 Å². The van der Waals surface area contributed by atoms with Crippen LogP contribution in [0, 0.1) is 0 Å². The van der Waals surface area contributed by atoms with Crippen LogP contribution in [0.2, 0.25) is 0 Å². The van der Waals surface area contributed by atoms with Gasteiger partial charge in [0, 0.05) is 32.2 Å². The highest BCUT2D eigenvalue weighted by atomic mass is 16.5. The van der Waals surface area contributed by atoms with Crippen molar-refractivity contribution >= 4 is 17.8 Å². The minimum absolute atomic E-state index is 0.475. The van der Waals surface area contributed by atoms with Crippen LogP contribution in [0.1, 0.15) is 38.5 Å². The Hall–Kier alpha value is -1.71. The van der Waals surface area contributed by atoms with Gasteiger partial charge in [-0.15, -0.1) is 0 Å². The van der Waals surface area contributed by atoms with Gasteiger partial charge in [-0.25, -0.2) is 0 Å². The molecule has 0 amide bonds. The Kier molecular flexibility index (Phi) is 8.32. The molecule has 0 spiro atoms. The number of nitrogens with two attached hydrogens (primary N) is 1. The second-order valence-corrected chi connectivity index (χ2v) is 7.04. The molecule has 0 aromatic carbocycles. The van der Waals surface area contributed by atoms with Crippen molar-refractivity contribution in [3.05, 3.63) is 0 Å². The second kappa shape index (κ2) is 11.2. The van der Waals surface area contributed by atoms with Crippen LogP contribution in [0.5, 0.6) is 0 Å². The Morgan fingerprint density at radius 2 is 1.59 bits per heavy atom. The summed E-state index contributed by atoms with van der Waals surface area (Å²) in [5.74, 6) is 2.05. The van der Waals surface area contributed by atoms with E-state index in [2.05, 4.69) is 30.5 Å². The number of ether oxygens (including phenoxy) is 2. The Bertz CT molecular complexity index is 549. The van der Waals surface area contributed by atoms with Crippen molar-refractivity contribution in [2.24, 2.45) is 5.73 Å². The van der Waals surface area contributed by atoms with Gasteiger partial charge < -0.3 is 30.7 Å². The standard InChI is InChI=1S/C18H33N7O2/c19-7-11-26-13-14-27-12-8-20-16-22-17(21-15-5-1-2-6-15)24-18(23-16)25-9-3-4-10-25/h15H,1-14,19H2,(H2,20,21,22,23,24). The number of rotatable bonds is 12. The Balaban J connectivity index is 1.50. The van der Waals surface area contributed by atoms with E-state index in [0.29, 0.717) is 57.5 Å². The van der Waals surface area contributed by atoms with E-state index in [1.807, 2.05) is 0 Å². The molecule has 0 radical (unpaired) electrons.